The Morgan fingerprint density at radius 1 is 1.40 bits per heavy atom. The van der Waals surface area contributed by atoms with Crippen molar-refractivity contribution in [3.05, 3.63) is 29.8 Å². The van der Waals surface area contributed by atoms with Gasteiger partial charge in [-0.2, -0.15) is 0 Å². The highest BCUT2D eigenvalue weighted by Gasteiger charge is 2.41. The van der Waals surface area contributed by atoms with Gasteiger partial charge in [-0.05, 0) is 49.3 Å². The van der Waals surface area contributed by atoms with E-state index in [1.54, 1.807) is 0 Å². The summed E-state index contributed by atoms with van der Waals surface area (Å²) in [5, 5.41) is 22.2. The molecule has 1 fully saturated rings. The molecule has 20 heavy (non-hydrogen) atoms. The van der Waals surface area contributed by atoms with E-state index in [2.05, 4.69) is 5.32 Å². The highest BCUT2D eigenvalue weighted by Crippen LogP contribution is 2.47. The van der Waals surface area contributed by atoms with Crippen molar-refractivity contribution in [3.63, 3.8) is 0 Å². The molecule has 1 aromatic carbocycles. The van der Waals surface area contributed by atoms with E-state index in [1.807, 2.05) is 31.2 Å². The van der Waals surface area contributed by atoms with Crippen molar-refractivity contribution in [2.45, 2.75) is 32.3 Å². The van der Waals surface area contributed by atoms with Crippen molar-refractivity contribution in [1.29, 1.82) is 0 Å². The number of benzene rings is 1. The molecule has 1 aromatic rings. The van der Waals surface area contributed by atoms with Crippen LogP contribution in [0.15, 0.2) is 24.3 Å². The van der Waals surface area contributed by atoms with Crippen molar-refractivity contribution in [1.82, 2.24) is 5.32 Å². The van der Waals surface area contributed by atoms with Crippen LogP contribution in [0.5, 0.6) is 5.75 Å². The maximum atomic E-state index is 9.89. The number of aliphatic hydroxyl groups excluding tert-OH is 2. The average Bonchev–Trinajstić information content (AvgIpc) is 3.17. The second-order valence-corrected chi connectivity index (χ2v) is 5.89. The predicted molar refractivity (Wildman–Crippen MR) is 78.9 cm³/mol. The van der Waals surface area contributed by atoms with Crippen LogP contribution in [0.3, 0.4) is 0 Å². The van der Waals surface area contributed by atoms with Crippen LogP contribution in [0.25, 0.3) is 0 Å². The van der Waals surface area contributed by atoms with Crippen LogP contribution in [0.1, 0.15) is 24.8 Å². The lowest BCUT2D eigenvalue weighted by molar-refractivity contribution is 0.104. The van der Waals surface area contributed by atoms with Crippen molar-refractivity contribution < 1.29 is 14.9 Å². The molecular formula is C16H25NO3. The molecule has 1 aliphatic rings. The van der Waals surface area contributed by atoms with E-state index < -0.39 is 6.10 Å². The second-order valence-electron chi connectivity index (χ2n) is 5.89. The summed E-state index contributed by atoms with van der Waals surface area (Å²) in [6.45, 7) is 3.96. The second kappa shape index (κ2) is 7.07. The molecule has 4 nitrogen and oxygen atoms in total. The number of ether oxygens (including phenoxy) is 1. The molecule has 112 valence electrons. The summed E-state index contributed by atoms with van der Waals surface area (Å²) < 4.78 is 5.56. The van der Waals surface area contributed by atoms with Crippen LogP contribution in [-0.4, -0.2) is 42.6 Å². The number of aliphatic hydroxyl groups is 2. The van der Waals surface area contributed by atoms with Gasteiger partial charge in [0.15, 0.2) is 0 Å². The molecule has 4 heteroatoms. The van der Waals surface area contributed by atoms with E-state index in [1.165, 1.54) is 12.8 Å². The third-order valence-electron chi connectivity index (χ3n) is 3.91. The minimum Gasteiger partial charge on any atom is -0.491 e. The van der Waals surface area contributed by atoms with Gasteiger partial charge in [0.25, 0.3) is 0 Å². The minimum atomic E-state index is -0.513. The number of hydrogen-bond donors (Lipinski definition) is 3. The lowest BCUT2D eigenvalue weighted by Gasteiger charge is -2.17. The number of hydrogen-bond acceptors (Lipinski definition) is 4. The summed E-state index contributed by atoms with van der Waals surface area (Å²) in [7, 11) is 0. The van der Waals surface area contributed by atoms with E-state index in [-0.39, 0.29) is 12.0 Å². The first-order chi connectivity index (χ1) is 9.63. The fourth-order valence-electron chi connectivity index (χ4n) is 2.39. The first-order valence-electron chi connectivity index (χ1n) is 7.33. The van der Waals surface area contributed by atoms with Gasteiger partial charge in [0.1, 0.15) is 18.5 Å². The minimum absolute atomic E-state index is 0.251. The summed E-state index contributed by atoms with van der Waals surface area (Å²) in [4.78, 5) is 0. The summed E-state index contributed by atoms with van der Waals surface area (Å²) in [6.07, 6.45) is 2.70. The van der Waals surface area contributed by atoms with Crippen LogP contribution in [-0.2, 0) is 0 Å². The number of nitrogens with one attached hydrogen (secondary N) is 1. The van der Waals surface area contributed by atoms with E-state index in [4.69, 9.17) is 9.84 Å². The Morgan fingerprint density at radius 3 is 2.85 bits per heavy atom. The Morgan fingerprint density at radius 2 is 2.20 bits per heavy atom. The summed E-state index contributed by atoms with van der Waals surface area (Å²) in [5.41, 5.74) is 1.43. The Bertz CT molecular complexity index is 418. The Hall–Kier alpha value is -1.10. The van der Waals surface area contributed by atoms with Gasteiger partial charge in [-0.25, -0.2) is 0 Å². The Kier molecular flexibility index (Phi) is 5.40. The van der Waals surface area contributed by atoms with Gasteiger partial charge in [-0.3, -0.25) is 0 Å². The number of aryl methyl sites for hydroxylation is 1. The highest BCUT2D eigenvalue weighted by molar-refractivity contribution is 5.27. The zero-order valence-electron chi connectivity index (χ0n) is 12.1. The van der Waals surface area contributed by atoms with Crippen molar-refractivity contribution >= 4 is 0 Å². The van der Waals surface area contributed by atoms with E-state index >= 15 is 0 Å². The van der Waals surface area contributed by atoms with Crippen molar-refractivity contribution in [3.8, 4) is 5.75 Å². The topological polar surface area (TPSA) is 61.7 Å². The quantitative estimate of drug-likeness (QED) is 0.641. The fraction of sp³-hybridized carbons (Fsp3) is 0.625. The molecule has 1 saturated carbocycles. The van der Waals surface area contributed by atoms with Gasteiger partial charge >= 0.3 is 0 Å². The molecule has 0 saturated heterocycles. The summed E-state index contributed by atoms with van der Waals surface area (Å²) in [6, 6.07) is 7.82. The molecule has 0 amide bonds. The van der Waals surface area contributed by atoms with Crippen LogP contribution >= 0.6 is 0 Å². The molecular weight excluding hydrogens is 254 g/mol. The third-order valence-corrected chi connectivity index (χ3v) is 3.91. The van der Waals surface area contributed by atoms with Crippen LogP contribution < -0.4 is 10.1 Å². The molecule has 1 aliphatic carbocycles. The van der Waals surface area contributed by atoms with Crippen LogP contribution in [0.4, 0.5) is 0 Å². The summed E-state index contributed by atoms with van der Waals surface area (Å²) in [5.74, 6) is 0.794. The molecule has 3 N–H and O–H groups in total. The molecule has 0 aliphatic heterocycles. The number of rotatable bonds is 9. The lowest BCUT2D eigenvalue weighted by Crippen LogP contribution is -2.35. The lowest BCUT2D eigenvalue weighted by atomic mass is 10.0. The van der Waals surface area contributed by atoms with E-state index in [0.717, 1.165) is 24.3 Å². The third kappa shape index (κ3) is 4.78. The molecule has 0 bridgehead atoms. The predicted octanol–water partition coefficient (Wildman–Crippen LogP) is 1.49. The Labute approximate surface area is 120 Å². The molecule has 0 aromatic heterocycles. The van der Waals surface area contributed by atoms with Crippen LogP contribution in [0.2, 0.25) is 0 Å². The zero-order chi connectivity index (χ0) is 14.4. The largest absolute Gasteiger partial charge is 0.491 e. The van der Waals surface area contributed by atoms with Gasteiger partial charge in [0.05, 0.1) is 0 Å². The summed E-state index contributed by atoms with van der Waals surface area (Å²) >= 11 is 0. The van der Waals surface area contributed by atoms with Gasteiger partial charge in [-0.1, -0.05) is 12.1 Å². The van der Waals surface area contributed by atoms with Gasteiger partial charge in [-0.15, -0.1) is 0 Å². The molecule has 0 heterocycles. The Balaban J connectivity index is 1.62. The molecule has 1 unspecified atom stereocenters. The highest BCUT2D eigenvalue weighted by atomic mass is 16.5. The first-order valence-corrected chi connectivity index (χ1v) is 7.33. The van der Waals surface area contributed by atoms with Gasteiger partial charge < -0.3 is 20.3 Å². The van der Waals surface area contributed by atoms with Gasteiger partial charge in [0, 0.05) is 19.7 Å². The molecule has 0 spiro atoms. The SMILES string of the molecule is Cc1cccc(OCC(O)CNCC2(CCO)CC2)c1. The normalized spacial score (nSPS) is 17.8. The molecule has 1 atom stereocenters. The van der Waals surface area contributed by atoms with E-state index in [9.17, 15) is 5.11 Å². The molecule has 2 rings (SSSR count). The van der Waals surface area contributed by atoms with Crippen LogP contribution in [0, 0.1) is 12.3 Å². The average molecular weight is 279 g/mol. The molecule has 0 radical (unpaired) electrons. The van der Waals surface area contributed by atoms with Gasteiger partial charge in [0.2, 0.25) is 0 Å². The van der Waals surface area contributed by atoms with E-state index in [0.29, 0.717) is 13.2 Å². The fourth-order valence-corrected chi connectivity index (χ4v) is 2.39. The zero-order valence-corrected chi connectivity index (χ0v) is 12.1. The maximum Gasteiger partial charge on any atom is 0.119 e. The maximum absolute atomic E-state index is 9.89. The van der Waals surface area contributed by atoms with Crippen molar-refractivity contribution in [2.75, 3.05) is 26.3 Å². The smallest absolute Gasteiger partial charge is 0.119 e. The van der Waals surface area contributed by atoms with Crippen molar-refractivity contribution in [2.24, 2.45) is 5.41 Å². The monoisotopic (exact) mass is 279 g/mol. The first kappa shape index (κ1) is 15.3. The standard InChI is InChI=1S/C16H25NO3/c1-13-3-2-4-15(9-13)20-11-14(19)10-17-12-16(5-6-16)7-8-18/h2-4,9,14,17-19H,5-8,10-12H2,1H3.